The first-order chi connectivity index (χ1) is 8.54. The van der Waals surface area contributed by atoms with Gasteiger partial charge in [-0.1, -0.05) is 6.92 Å². The number of anilines is 1. The Kier molecular flexibility index (Phi) is 5.26. The van der Waals surface area contributed by atoms with Gasteiger partial charge >= 0.3 is 0 Å². The van der Waals surface area contributed by atoms with Gasteiger partial charge in [-0.3, -0.25) is 14.9 Å². The summed E-state index contributed by atoms with van der Waals surface area (Å²) in [4.78, 5) is 21.7. The predicted molar refractivity (Wildman–Crippen MR) is 69.6 cm³/mol. The molecule has 0 atom stereocenters. The first-order valence-corrected chi connectivity index (χ1v) is 5.80. The van der Waals surface area contributed by atoms with Crippen molar-refractivity contribution in [3.8, 4) is 0 Å². The third-order valence-corrected chi connectivity index (χ3v) is 2.41. The molecule has 0 aliphatic carbocycles. The Bertz CT molecular complexity index is 446. The number of hydrogen-bond acceptors (Lipinski definition) is 4. The van der Waals surface area contributed by atoms with E-state index in [4.69, 9.17) is 0 Å². The maximum absolute atomic E-state index is 11.6. The van der Waals surface area contributed by atoms with Gasteiger partial charge < -0.3 is 10.6 Å². The molecule has 0 heterocycles. The summed E-state index contributed by atoms with van der Waals surface area (Å²) in [5, 5.41) is 16.3. The second kappa shape index (κ2) is 6.70. The number of aryl methyl sites for hydroxylation is 1. The smallest absolute Gasteiger partial charge is 0.269 e. The van der Waals surface area contributed by atoms with Gasteiger partial charge in [0, 0.05) is 17.8 Å². The third-order valence-electron chi connectivity index (χ3n) is 2.41. The van der Waals surface area contributed by atoms with Crippen molar-refractivity contribution in [3.05, 3.63) is 33.9 Å². The van der Waals surface area contributed by atoms with Crippen LogP contribution in [0.2, 0.25) is 0 Å². The molecule has 98 valence electrons. The number of hydrogen-bond donors (Lipinski definition) is 2. The van der Waals surface area contributed by atoms with Gasteiger partial charge in [-0.25, -0.2) is 0 Å². The number of nitro benzene ring substituents is 1. The Morgan fingerprint density at radius 2 is 2.17 bits per heavy atom. The summed E-state index contributed by atoms with van der Waals surface area (Å²) < 4.78 is 0. The number of rotatable bonds is 6. The molecule has 6 nitrogen and oxygen atoms in total. The highest BCUT2D eigenvalue weighted by Crippen LogP contribution is 2.20. The zero-order valence-electron chi connectivity index (χ0n) is 10.5. The Balaban J connectivity index is 2.62. The molecule has 1 aromatic carbocycles. The molecule has 1 amide bonds. The lowest BCUT2D eigenvalue weighted by Crippen LogP contribution is -2.28. The van der Waals surface area contributed by atoms with E-state index in [9.17, 15) is 14.9 Å². The second-order valence-electron chi connectivity index (χ2n) is 3.98. The molecular weight excluding hydrogens is 234 g/mol. The Labute approximate surface area is 106 Å². The minimum absolute atomic E-state index is 0.0228. The standard InChI is InChI=1S/C12H17N3O3/c1-3-6-13-8-12(16)14-11-5-4-10(15(17)18)7-9(11)2/h4-5,7,13H,3,6,8H2,1-2H3,(H,14,16). The molecule has 18 heavy (non-hydrogen) atoms. The first kappa shape index (κ1) is 14.1. The van der Waals surface area contributed by atoms with Gasteiger partial charge in [-0.05, 0) is 31.5 Å². The van der Waals surface area contributed by atoms with Crippen LogP contribution in [-0.4, -0.2) is 23.9 Å². The van der Waals surface area contributed by atoms with Crippen LogP contribution in [0.3, 0.4) is 0 Å². The molecular formula is C12H17N3O3. The average molecular weight is 251 g/mol. The van der Waals surface area contributed by atoms with Crippen molar-refractivity contribution in [2.45, 2.75) is 20.3 Å². The molecule has 0 unspecified atom stereocenters. The van der Waals surface area contributed by atoms with E-state index in [1.54, 1.807) is 13.0 Å². The summed E-state index contributed by atoms with van der Waals surface area (Å²) in [5.74, 6) is -0.152. The van der Waals surface area contributed by atoms with Gasteiger partial charge in [0.15, 0.2) is 0 Å². The zero-order valence-corrected chi connectivity index (χ0v) is 10.5. The molecule has 0 fully saturated rings. The minimum atomic E-state index is -0.457. The lowest BCUT2D eigenvalue weighted by Gasteiger charge is -2.08. The van der Waals surface area contributed by atoms with Crippen LogP contribution in [-0.2, 0) is 4.79 Å². The summed E-state index contributed by atoms with van der Waals surface area (Å²) in [6.45, 7) is 4.77. The predicted octanol–water partition coefficient (Wildman–Crippen LogP) is 1.84. The van der Waals surface area contributed by atoms with Gasteiger partial charge in [0.25, 0.3) is 5.69 Å². The van der Waals surface area contributed by atoms with Crippen molar-refractivity contribution in [1.29, 1.82) is 0 Å². The van der Waals surface area contributed by atoms with E-state index in [-0.39, 0.29) is 18.1 Å². The lowest BCUT2D eigenvalue weighted by atomic mass is 10.2. The number of nitro groups is 1. The lowest BCUT2D eigenvalue weighted by molar-refractivity contribution is -0.384. The summed E-state index contributed by atoms with van der Waals surface area (Å²) in [5.41, 5.74) is 1.30. The fraction of sp³-hybridized carbons (Fsp3) is 0.417. The van der Waals surface area contributed by atoms with E-state index in [1.165, 1.54) is 12.1 Å². The number of benzene rings is 1. The van der Waals surface area contributed by atoms with Crippen LogP contribution < -0.4 is 10.6 Å². The van der Waals surface area contributed by atoms with Crippen LogP contribution in [0, 0.1) is 17.0 Å². The first-order valence-electron chi connectivity index (χ1n) is 5.80. The topological polar surface area (TPSA) is 84.3 Å². The van der Waals surface area contributed by atoms with Gasteiger partial charge in [-0.2, -0.15) is 0 Å². The van der Waals surface area contributed by atoms with Crippen molar-refractivity contribution in [3.63, 3.8) is 0 Å². The van der Waals surface area contributed by atoms with Crippen LogP contribution in [0.5, 0.6) is 0 Å². The van der Waals surface area contributed by atoms with Crippen LogP contribution in [0.25, 0.3) is 0 Å². The average Bonchev–Trinajstić information content (AvgIpc) is 2.32. The normalized spacial score (nSPS) is 10.1. The molecule has 2 N–H and O–H groups in total. The molecule has 0 aromatic heterocycles. The van der Waals surface area contributed by atoms with Crippen LogP contribution in [0.1, 0.15) is 18.9 Å². The summed E-state index contributed by atoms with van der Waals surface area (Å²) >= 11 is 0. The number of amides is 1. The Hall–Kier alpha value is -1.95. The maximum atomic E-state index is 11.6. The number of carbonyl (C=O) groups excluding carboxylic acids is 1. The fourth-order valence-electron chi connectivity index (χ4n) is 1.47. The molecule has 6 heteroatoms. The quantitative estimate of drug-likeness (QED) is 0.459. The van der Waals surface area contributed by atoms with Crippen LogP contribution >= 0.6 is 0 Å². The SMILES string of the molecule is CCCNCC(=O)Nc1ccc([N+](=O)[O-])cc1C. The van der Waals surface area contributed by atoms with E-state index in [1.807, 2.05) is 6.92 Å². The van der Waals surface area contributed by atoms with Crippen molar-refractivity contribution in [1.82, 2.24) is 5.32 Å². The number of carbonyl (C=O) groups is 1. The fourth-order valence-corrected chi connectivity index (χ4v) is 1.47. The molecule has 0 spiro atoms. The number of non-ortho nitro benzene ring substituents is 1. The summed E-state index contributed by atoms with van der Waals surface area (Å²) in [6, 6.07) is 4.36. The molecule has 0 saturated carbocycles. The van der Waals surface area contributed by atoms with E-state index in [2.05, 4.69) is 10.6 Å². The van der Waals surface area contributed by atoms with Gasteiger partial charge in [0.05, 0.1) is 11.5 Å². The van der Waals surface area contributed by atoms with Crippen molar-refractivity contribution in [2.75, 3.05) is 18.4 Å². The van der Waals surface area contributed by atoms with E-state index in [0.29, 0.717) is 11.3 Å². The van der Waals surface area contributed by atoms with E-state index < -0.39 is 4.92 Å². The molecule has 1 rings (SSSR count). The highest BCUT2D eigenvalue weighted by Gasteiger charge is 2.09. The van der Waals surface area contributed by atoms with Crippen molar-refractivity contribution in [2.24, 2.45) is 0 Å². The molecule has 0 aliphatic rings. The molecule has 0 aliphatic heterocycles. The molecule has 0 bridgehead atoms. The van der Waals surface area contributed by atoms with E-state index >= 15 is 0 Å². The highest BCUT2D eigenvalue weighted by atomic mass is 16.6. The largest absolute Gasteiger partial charge is 0.325 e. The van der Waals surface area contributed by atoms with Crippen LogP contribution in [0.4, 0.5) is 11.4 Å². The van der Waals surface area contributed by atoms with Crippen LogP contribution in [0.15, 0.2) is 18.2 Å². The Morgan fingerprint density at radius 1 is 1.44 bits per heavy atom. The minimum Gasteiger partial charge on any atom is -0.325 e. The third kappa shape index (κ3) is 4.14. The maximum Gasteiger partial charge on any atom is 0.269 e. The van der Waals surface area contributed by atoms with Crippen molar-refractivity contribution >= 4 is 17.3 Å². The number of nitrogens with one attached hydrogen (secondary N) is 2. The van der Waals surface area contributed by atoms with Gasteiger partial charge in [0.1, 0.15) is 0 Å². The summed E-state index contributed by atoms with van der Waals surface area (Å²) in [7, 11) is 0. The van der Waals surface area contributed by atoms with Gasteiger partial charge in [-0.15, -0.1) is 0 Å². The molecule has 0 radical (unpaired) electrons. The second-order valence-corrected chi connectivity index (χ2v) is 3.98. The van der Waals surface area contributed by atoms with Gasteiger partial charge in [0.2, 0.25) is 5.91 Å². The molecule has 1 aromatic rings. The van der Waals surface area contributed by atoms with E-state index in [0.717, 1.165) is 13.0 Å². The molecule has 0 saturated heterocycles. The van der Waals surface area contributed by atoms with Crippen molar-refractivity contribution < 1.29 is 9.72 Å². The number of nitrogens with zero attached hydrogens (tertiary/aromatic N) is 1. The monoisotopic (exact) mass is 251 g/mol. The highest BCUT2D eigenvalue weighted by molar-refractivity contribution is 5.93. The Morgan fingerprint density at radius 3 is 2.72 bits per heavy atom. The summed E-state index contributed by atoms with van der Waals surface area (Å²) in [6.07, 6.45) is 0.962. The zero-order chi connectivity index (χ0) is 13.5.